The highest BCUT2D eigenvalue weighted by Gasteiger charge is 2.43. The van der Waals surface area contributed by atoms with E-state index >= 15 is 0 Å². The van der Waals surface area contributed by atoms with Crippen molar-refractivity contribution >= 4 is 57.2 Å². The highest BCUT2D eigenvalue weighted by molar-refractivity contribution is 6.99. The Morgan fingerprint density at radius 1 is 0.370 bits per heavy atom. The van der Waals surface area contributed by atoms with Crippen molar-refractivity contribution in [1.29, 1.82) is 0 Å². The minimum Gasteiger partial charge on any atom is -0.310 e. The van der Waals surface area contributed by atoms with Gasteiger partial charge in [0.2, 0.25) is 6.71 Å². The van der Waals surface area contributed by atoms with Gasteiger partial charge in [-0.2, -0.15) is 0 Å². The van der Waals surface area contributed by atoms with E-state index in [4.69, 9.17) is 0 Å². The van der Waals surface area contributed by atoms with Crippen LogP contribution in [0.2, 0.25) is 0 Å². The van der Waals surface area contributed by atoms with Crippen molar-refractivity contribution in [2.24, 2.45) is 0 Å². The molecule has 0 N–H and O–H groups in total. The number of benzene rings is 7. The molecule has 0 radical (unpaired) electrons. The summed E-state index contributed by atoms with van der Waals surface area (Å²) in [5.74, 6) is 0.752. The van der Waals surface area contributed by atoms with E-state index in [1.54, 1.807) is 0 Å². The third-order valence-electron chi connectivity index (χ3n) is 17.3. The highest BCUT2D eigenvalue weighted by atomic mass is 15.2. The van der Waals surface area contributed by atoms with Crippen molar-refractivity contribution in [3.05, 3.63) is 183 Å². The van der Waals surface area contributed by atoms with Crippen molar-refractivity contribution < 1.29 is 0 Å². The lowest BCUT2D eigenvalue weighted by Gasteiger charge is -2.43. The Kier molecular flexibility index (Phi) is 11.7. The standard InChI is InChI=1S/C70H83BN2/c1-42(2)50-22-21-23-51(43(3)4)64(50)71-58-30-28-48(72-60-32-24-44(65(5,6)7)36-54(60)69(17,18)55-37-45(66(8,9)10)25-33-61(55)72)40-52(58)53-41-49(29-31-59(53)71)73-62-34-26-46(67(11,12)13)38-56(62)70(19,20)57-39-47(68(14,15)16)27-35-63(57)73/h21-43H,1-20H3. The lowest BCUT2D eigenvalue weighted by molar-refractivity contribution is 0.572. The molecule has 3 aliphatic heterocycles. The molecule has 376 valence electrons. The largest absolute Gasteiger partial charge is 0.310 e. The first kappa shape index (κ1) is 50.7. The SMILES string of the molecule is CC(C)c1cccc(C(C)C)c1B1c2ccc(N3c4ccc(C(C)(C)C)cc4C(C)(C)c4cc(C(C)(C)C)ccc43)cc2-c2cc(N3c4ccc(C(C)(C)C)cc4C(C)(C)c4cc(C(C)(C)C)ccc43)ccc21. The van der Waals surface area contributed by atoms with E-state index in [0.29, 0.717) is 11.8 Å². The summed E-state index contributed by atoms with van der Waals surface area (Å²) in [6.45, 7) is 47.4. The van der Waals surface area contributed by atoms with Gasteiger partial charge in [0.15, 0.2) is 0 Å². The maximum absolute atomic E-state index is 2.59. The molecule has 0 fully saturated rings. The third kappa shape index (κ3) is 8.22. The number of anilines is 6. The van der Waals surface area contributed by atoms with E-state index in [1.807, 2.05) is 0 Å². The molecule has 7 aromatic rings. The molecule has 0 aromatic heterocycles. The summed E-state index contributed by atoms with van der Waals surface area (Å²) in [5, 5.41) is 0. The maximum atomic E-state index is 2.59. The quantitative estimate of drug-likeness (QED) is 0.159. The first-order valence-corrected chi connectivity index (χ1v) is 27.5. The van der Waals surface area contributed by atoms with E-state index in [9.17, 15) is 0 Å². The molecule has 3 aliphatic rings. The summed E-state index contributed by atoms with van der Waals surface area (Å²) in [7, 11) is 0. The molecule has 0 spiro atoms. The summed E-state index contributed by atoms with van der Waals surface area (Å²) < 4.78 is 0. The molecule has 0 saturated carbocycles. The Hall–Kier alpha value is -5.80. The van der Waals surface area contributed by atoms with E-state index in [0.717, 1.165) is 0 Å². The van der Waals surface area contributed by atoms with Crippen molar-refractivity contribution in [2.45, 2.75) is 183 Å². The zero-order valence-electron chi connectivity index (χ0n) is 48.3. The Bertz CT molecular complexity index is 2990. The Morgan fingerprint density at radius 2 is 0.658 bits per heavy atom. The second-order valence-electron chi connectivity index (χ2n) is 28.0. The monoisotopic (exact) mass is 963 g/mol. The predicted molar refractivity (Wildman–Crippen MR) is 320 cm³/mol. The van der Waals surface area contributed by atoms with Gasteiger partial charge in [-0.3, -0.25) is 0 Å². The summed E-state index contributed by atoms with van der Waals surface area (Å²) in [6, 6.07) is 51.3. The van der Waals surface area contributed by atoms with Gasteiger partial charge in [-0.15, -0.1) is 0 Å². The number of fused-ring (bicyclic) bond motifs is 7. The van der Waals surface area contributed by atoms with Gasteiger partial charge in [0.25, 0.3) is 0 Å². The van der Waals surface area contributed by atoms with Crippen LogP contribution >= 0.6 is 0 Å². The molecule has 0 saturated heterocycles. The molecule has 3 heterocycles. The van der Waals surface area contributed by atoms with Crippen LogP contribution in [0.3, 0.4) is 0 Å². The van der Waals surface area contributed by atoms with E-state index in [1.165, 1.54) is 117 Å². The van der Waals surface area contributed by atoms with E-state index in [-0.39, 0.29) is 39.2 Å². The van der Waals surface area contributed by atoms with Gasteiger partial charge < -0.3 is 9.80 Å². The average Bonchev–Trinajstić information content (AvgIpc) is 3.62. The molecule has 73 heavy (non-hydrogen) atoms. The number of nitrogens with zero attached hydrogens (tertiary/aromatic N) is 2. The molecule has 0 bridgehead atoms. The normalized spacial score (nSPS) is 15.8. The van der Waals surface area contributed by atoms with Gasteiger partial charge in [0.1, 0.15) is 0 Å². The van der Waals surface area contributed by atoms with Crippen LogP contribution in [0.1, 0.15) is 206 Å². The molecular formula is C70H83BN2. The van der Waals surface area contributed by atoms with Crippen molar-refractivity contribution in [3.8, 4) is 11.1 Å². The molecular weight excluding hydrogens is 880 g/mol. The van der Waals surface area contributed by atoms with Crippen LogP contribution < -0.4 is 26.2 Å². The maximum Gasteiger partial charge on any atom is 0.243 e. The van der Waals surface area contributed by atoms with Gasteiger partial charge in [0.05, 0.1) is 22.7 Å². The van der Waals surface area contributed by atoms with Crippen molar-refractivity contribution in [1.82, 2.24) is 0 Å². The molecule has 0 unspecified atom stereocenters. The molecule has 7 aromatic carbocycles. The molecule has 10 rings (SSSR count). The highest BCUT2D eigenvalue weighted by Crippen LogP contribution is 2.56. The van der Waals surface area contributed by atoms with E-state index < -0.39 is 0 Å². The van der Waals surface area contributed by atoms with Gasteiger partial charge in [-0.05, 0) is 149 Å². The van der Waals surface area contributed by atoms with Crippen molar-refractivity contribution in [2.75, 3.05) is 9.80 Å². The summed E-state index contributed by atoms with van der Waals surface area (Å²) in [6.07, 6.45) is 0. The second-order valence-corrected chi connectivity index (χ2v) is 28.0. The molecule has 0 aliphatic carbocycles. The van der Waals surface area contributed by atoms with Gasteiger partial charge in [0, 0.05) is 22.2 Å². The average molecular weight is 963 g/mol. The van der Waals surface area contributed by atoms with E-state index in [2.05, 4.69) is 276 Å². The van der Waals surface area contributed by atoms with Crippen LogP contribution in [0.15, 0.2) is 127 Å². The molecule has 3 heteroatoms. The smallest absolute Gasteiger partial charge is 0.243 e. The van der Waals surface area contributed by atoms with Gasteiger partial charge >= 0.3 is 0 Å². The van der Waals surface area contributed by atoms with Crippen LogP contribution in [-0.2, 0) is 32.5 Å². The fraction of sp³-hybridized carbons (Fsp3) is 0.400. The first-order valence-electron chi connectivity index (χ1n) is 27.5. The second kappa shape index (κ2) is 16.9. The topological polar surface area (TPSA) is 6.48 Å². The minimum absolute atomic E-state index is 0.0174. The Morgan fingerprint density at radius 3 is 0.918 bits per heavy atom. The number of hydrogen-bond donors (Lipinski definition) is 0. The molecule has 0 amide bonds. The van der Waals surface area contributed by atoms with Gasteiger partial charge in [-0.1, -0.05) is 234 Å². The Balaban J connectivity index is 1.25. The lowest BCUT2D eigenvalue weighted by atomic mass is 9.36. The van der Waals surface area contributed by atoms with Crippen molar-refractivity contribution in [3.63, 3.8) is 0 Å². The number of hydrogen-bond acceptors (Lipinski definition) is 2. The van der Waals surface area contributed by atoms with Crippen LogP contribution in [-0.4, -0.2) is 6.71 Å². The Labute approximate surface area is 441 Å². The van der Waals surface area contributed by atoms with Gasteiger partial charge in [-0.25, -0.2) is 0 Å². The van der Waals surface area contributed by atoms with Crippen LogP contribution in [0.5, 0.6) is 0 Å². The third-order valence-corrected chi connectivity index (χ3v) is 17.3. The molecule has 0 atom stereocenters. The summed E-state index contributed by atoms with van der Waals surface area (Å²) in [5.41, 5.74) is 27.8. The fourth-order valence-electron chi connectivity index (χ4n) is 12.7. The van der Waals surface area contributed by atoms with Crippen LogP contribution in [0, 0.1) is 0 Å². The fourth-order valence-corrected chi connectivity index (χ4v) is 12.7. The summed E-state index contributed by atoms with van der Waals surface area (Å²) in [4.78, 5) is 5.18. The first-order chi connectivity index (χ1) is 33.9. The minimum atomic E-state index is -0.211. The zero-order valence-corrected chi connectivity index (χ0v) is 48.3. The number of rotatable bonds is 5. The molecule has 2 nitrogen and oxygen atoms in total. The van der Waals surface area contributed by atoms with Crippen LogP contribution in [0.4, 0.5) is 34.1 Å². The lowest BCUT2D eigenvalue weighted by Crippen LogP contribution is -2.52. The predicted octanol–water partition coefficient (Wildman–Crippen LogP) is 17.8. The van der Waals surface area contributed by atoms with Crippen LogP contribution in [0.25, 0.3) is 11.1 Å². The zero-order chi connectivity index (χ0) is 52.9. The summed E-state index contributed by atoms with van der Waals surface area (Å²) >= 11 is 0.